The first-order chi connectivity index (χ1) is 14.4. The van der Waals surface area contributed by atoms with Crippen LogP contribution in [0.3, 0.4) is 0 Å². The number of nitrogens with one attached hydrogen (secondary N) is 1. The summed E-state index contributed by atoms with van der Waals surface area (Å²) in [5.41, 5.74) is 3.31. The van der Waals surface area contributed by atoms with Crippen molar-refractivity contribution in [2.75, 3.05) is 5.32 Å². The van der Waals surface area contributed by atoms with Crippen LogP contribution in [-0.2, 0) is 27.8 Å². The van der Waals surface area contributed by atoms with Gasteiger partial charge in [0, 0.05) is 12.2 Å². The molecular formula is C23H21FN2O3S. The van der Waals surface area contributed by atoms with E-state index in [0.29, 0.717) is 5.69 Å². The summed E-state index contributed by atoms with van der Waals surface area (Å²) in [5.74, 6) is -0.920. The molecule has 1 aliphatic heterocycles. The van der Waals surface area contributed by atoms with E-state index in [1.165, 1.54) is 16.4 Å². The molecule has 0 bridgehead atoms. The number of carbonyl (C=O) groups excluding carboxylic acids is 1. The minimum absolute atomic E-state index is 0.0445. The third kappa shape index (κ3) is 3.86. The van der Waals surface area contributed by atoms with Crippen LogP contribution in [-0.4, -0.2) is 24.7 Å². The van der Waals surface area contributed by atoms with Gasteiger partial charge in [-0.2, -0.15) is 4.31 Å². The fraction of sp³-hybridized carbons (Fsp3) is 0.174. The Morgan fingerprint density at radius 2 is 1.60 bits per heavy atom. The smallest absolute Gasteiger partial charge is 0.244 e. The molecule has 1 heterocycles. The minimum atomic E-state index is -4.01. The van der Waals surface area contributed by atoms with Gasteiger partial charge in [-0.25, -0.2) is 12.8 Å². The van der Waals surface area contributed by atoms with Crippen LogP contribution < -0.4 is 5.32 Å². The third-order valence-electron chi connectivity index (χ3n) is 5.33. The van der Waals surface area contributed by atoms with E-state index in [1.54, 1.807) is 6.07 Å². The molecule has 0 saturated carbocycles. The average molecular weight is 424 g/mol. The van der Waals surface area contributed by atoms with Crippen molar-refractivity contribution in [1.29, 1.82) is 0 Å². The fourth-order valence-electron chi connectivity index (χ4n) is 3.65. The van der Waals surface area contributed by atoms with Crippen LogP contribution in [0, 0.1) is 12.7 Å². The van der Waals surface area contributed by atoms with E-state index < -0.39 is 27.8 Å². The van der Waals surface area contributed by atoms with Gasteiger partial charge in [-0.05, 0) is 60.4 Å². The van der Waals surface area contributed by atoms with Crippen molar-refractivity contribution in [3.8, 4) is 0 Å². The maximum Gasteiger partial charge on any atom is 0.244 e. The zero-order valence-corrected chi connectivity index (χ0v) is 17.2. The lowest BCUT2D eigenvalue weighted by atomic mass is 9.95. The van der Waals surface area contributed by atoms with E-state index in [1.807, 2.05) is 49.4 Å². The number of nitrogens with zero attached hydrogens (tertiary/aromatic N) is 1. The summed E-state index contributed by atoms with van der Waals surface area (Å²) in [6.45, 7) is 1.94. The number of hydrogen-bond donors (Lipinski definition) is 1. The zero-order valence-electron chi connectivity index (χ0n) is 16.4. The van der Waals surface area contributed by atoms with Gasteiger partial charge in [0.2, 0.25) is 15.9 Å². The van der Waals surface area contributed by atoms with Gasteiger partial charge in [0.1, 0.15) is 11.9 Å². The largest absolute Gasteiger partial charge is 0.324 e. The number of fused-ring (bicyclic) bond motifs is 1. The van der Waals surface area contributed by atoms with Gasteiger partial charge in [0.15, 0.2) is 0 Å². The number of anilines is 1. The molecule has 0 fully saturated rings. The second-order valence-corrected chi connectivity index (χ2v) is 9.19. The Labute approximate surface area is 175 Å². The van der Waals surface area contributed by atoms with E-state index in [-0.39, 0.29) is 17.9 Å². The summed E-state index contributed by atoms with van der Waals surface area (Å²) in [4.78, 5) is 13.2. The summed E-state index contributed by atoms with van der Waals surface area (Å²) in [7, 11) is -4.01. The fourth-order valence-corrected chi connectivity index (χ4v) is 5.21. The summed E-state index contributed by atoms with van der Waals surface area (Å²) in [6, 6.07) is 18.6. The Morgan fingerprint density at radius 1 is 0.967 bits per heavy atom. The minimum Gasteiger partial charge on any atom is -0.324 e. The molecule has 0 unspecified atom stereocenters. The Hall–Kier alpha value is -3.03. The van der Waals surface area contributed by atoms with Gasteiger partial charge in [0.25, 0.3) is 0 Å². The van der Waals surface area contributed by atoms with Crippen LogP contribution in [0.15, 0.2) is 77.7 Å². The molecule has 7 heteroatoms. The number of carbonyl (C=O) groups is 1. The third-order valence-corrected chi connectivity index (χ3v) is 7.20. The van der Waals surface area contributed by atoms with Crippen molar-refractivity contribution in [2.45, 2.75) is 30.8 Å². The molecule has 154 valence electrons. The predicted molar refractivity (Wildman–Crippen MR) is 113 cm³/mol. The standard InChI is InChI=1S/C23H21FN2O3S/c1-16-6-2-5-9-21(16)25-23(27)22-14-17-7-3-4-8-18(17)15-26(22)30(28,29)20-12-10-19(24)11-13-20/h2-13,22H,14-15H2,1H3,(H,25,27)/t22-/m1/s1. The van der Waals surface area contributed by atoms with Gasteiger partial charge in [-0.3, -0.25) is 4.79 Å². The number of benzene rings is 3. The highest BCUT2D eigenvalue weighted by atomic mass is 32.2. The molecule has 0 aromatic heterocycles. The van der Waals surface area contributed by atoms with Crippen molar-refractivity contribution in [3.05, 3.63) is 95.3 Å². The highest BCUT2D eigenvalue weighted by molar-refractivity contribution is 7.89. The van der Waals surface area contributed by atoms with Crippen LogP contribution in [0.4, 0.5) is 10.1 Å². The summed E-state index contributed by atoms with van der Waals surface area (Å²) in [6.07, 6.45) is 0.258. The first-order valence-corrected chi connectivity index (χ1v) is 11.0. The van der Waals surface area contributed by atoms with Crippen molar-refractivity contribution < 1.29 is 17.6 Å². The van der Waals surface area contributed by atoms with Gasteiger partial charge >= 0.3 is 0 Å². The molecular weight excluding hydrogens is 403 g/mol. The van der Waals surface area contributed by atoms with E-state index in [0.717, 1.165) is 28.8 Å². The Kier molecular flexibility index (Phi) is 5.40. The number of aryl methyl sites for hydroxylation is 1. The molecule has 1 N–H and O–H groups in total. The Morgan fingerprint density at radius 3 is 2.30 bits per heavy atom. The Bertz CT molecular complexity index is 1190. The first-order valence-electron chi connectivity index (χ1n) is 9.57. The summed E-state index contributed by atoms with van der Waals surface area (Å²) >= 11 is 0. The second-order valence-electron chi connectivity index (χ2n) is 7.30. The SMILES string of the molecule is Cc1ccccc1NC(=O)[C@H]1Cc2ccccc2CN1S(=O)(=O)c1ccc(F)cc1. The Balaban J connectivity index is 1.73. The van der Waals surface area contributed by atoms with E-state index >= 15 is 0 Å². The number of amides is 1. The number of halogens is 1. The highest BCUT2D eigenvalue weighted by Crippen LogP contribution is 2.30. The van der Waals surface area contributed by atoms with Crippen molar-refractivity contribution in [2.24, 2.45) is 0 Å². The van der Waals surface area contributed by atoms with E-state index in [4.69, 9.17) is 0 Å². The number of sulfonamides is 1. The molecule has 1 aliphatic rings. The maximum atomic E-state index is 13.4. The normalized spacial score (nSPS) is 16.7. The molecule has 5 nitrogen and oxygen atoms in total. The molecule has 3 aromatic carbocycles. The van der Waals surface area contributed by atoms with Crippen molar-refractivity contribution in [1.82, 2.24) is 4.31 Å². The number of para-hydroxylation sites is 1. The molecule has 3 aromatic rings. The number of hydrogen-bond acceptors (Lipinski definition) is 3. The molecule has 0 spiro atoms. The topological polar surface area (TPSA) is 66.5 Å². The number of rotatable bonds is 4. The molecule has 1 atom stereocenters. The van der Waals surface area contributed by atoms with Crippen molar-refractivity contribution in [3.63, 3.8) is 0 Å². The second kappa shape index (κ2) is 8.01. The van der Waals surface area contributed by atoms with Crippen LogP contribution in [0.1, 0.15) is 16.7 Å². The highest BCUT2D eigenvalue weighted by Gasteiger charge is 2.39. The first kappa shape index (κ1) is 20.3. The van der Waals surface area contributed by atoms with Crippen LogP contribution in [0.5, 0.6) is 0 Å². The zero-order chi connectivity index (χ0) is 21.3. The lowest BCUT2D eigenvalue weighted by Crippen LogP contribution is -2.50. The maximum absolute atomic E-state index is 13.4. The lowest BCUT2D eigenvalue weighted by Gasteiger charge is -2.35. The molecule has 0 aliphatic carbocycles. The monoisotopic (exact) mass is 424 g/mol. The van der Waals surface area contributed by atoms with Crippen LogP contribution >= 0.6 is 0 Å². The summed E-state index contributed by atoms with van der Waals surface area (Å²) in [5, 5.41) is 2.87. The molecule has 0 radical (unpaired) electrons. The van der Waals surface area contributed by atoms with E-state index in [9.17, 15) is 17.6 Å². The van der Waals surface area contributed by atoms with E-state index in [2.05, 4.69) is 5.32 Å². The predicted octanol–water partition coefficient (Wildman–Crippen LogP) is 3.89. The quantitative estimate of drug-likeness (QED) is 0.691. The molecule has 1 amide bonds. The molecule has 30 heavy (non-hydrogen) atoms. The van der Waals surface area contributed by atoms with Crippen molar-refractivity contribution >= 4 is 21.6 Å². The van der Waals surface area contributed by atoms with Gasteiger partial charge in [-0.1, -0.05) is 42.5 Å². The van der Waals surface area contributed by atoms with Crippen LogP contribution in [0.2, 0.25) is 0 Å². The van der Waals surface area contributed by atoms with Gasteiger partial charge in [0.05, 0.1) is 4.90 Å². The molecule has 4 rings (SSSR count). The summed E-state index contributed by atoms with van der Waals surface area (Å²) < 4.78 is 41.3. The van der Waals surface area contributed by atoms with Gasteiger partial charge in [-0.15, -0.1) is 0 Å². The average Bonchev–Trinajstić information content (AvgIpc) is 2.74. The molecule has 0 saturated heterocycles. The van der Waals surface area contributed by atoms with Crippen LogP contribution in [0.25, 0.3) is 0 Å². The lowest BCUT2D eigenvalue weighted by molar-refractivity contribution is -0.120. The van der Waals surface area contributed by atoms with Gasteiger partial charge < -0.3 is 5.32 Å².